The lowest BCUT2D eigenvalue weighted by Crippen LogP contribution is -2.44. The maximum Gasteiger partial charge on any atom is 0.407 e. The van der Waals surface area contributed by atoms with Gasteiger partial charge in [-0.05, 0) is 96.4 Å². The van der Waals surface area contributed by atoms with Gasteiger partial charge in [0.15, 0.2) is 0 Å². The first-order valence-corrected chi connectivity index (χ1v) is 19.4. The summed E-state index contributed by atoms with van der Waals surface area (Å²) >= 11 is 12.8. The molecule has 0 bridgehead atoms. The van der Waals surface area contributed by atoms with E-state index in [-0.39, 0.29) is 49.0 Å². The average molecular weight is 859 g/mol. The summed E-state index contributed by atoms with van der Waals surface area (Å²) in [6, 6.07) is 12.5. The van der Waals surface area contributed by atoms with E-state index in [1.807, 2.05) is 69.6 Å². The monoisotopic (exact) mass is 856 g/mol. The molecule has 8 rings (SSSR count). The Balaban J connectivity index is 0.000000216. The van der Waals surface area contributed by atoms with Gasteiger partial charge < -0.3 is 26.4 Å². The third kappa shape index (κ3) is 11.1. The van der Waals surface area contributed by atoms with Crippen molar-refractivity contribution in [2.24, 2.45) is 5.73 Å². The van der Waals surface area contributed by atoms with Crippen LogP contribution in [-0.4, -0.2) is 75.0 Å². The molecule has 6 aromatic rings. The number of amides is 1. The molecule has 6 aromatic heterocycles. The number of hydrogen-bond acceptors (Lipinski definition) is 11. The van der Waals surface area contributed by atoms with Crippen molar-refractivity contribution in [1.29, 1.82) is 0 Å². The molecule has 0 aliphatic heterocycles. The number of hydrogen-bond donors (Lipinski definition) is 4. The number of aromatic nitrogens is 8. The number of halogens is 4. The first-order chi connectivity index (χ1) is 26.5. The van der Waals surface area contributed by atoms with Gasteiger partial charge in [0.05, 0.1) is 57.3 Å². The summed E-state index contributed by atoms with van der Waals surface area (Å²) in [5, 5.41) is 19.5. The molecule has 18 heteroatoms. The van der Waals surface area contributed by atoms with Crippen molar-refractivity contribution in [2.75, 3.05) is 10.6 Å². The third-order valence-corrected chi connectivity index (χ3v) is 10.2. The number of anilines is 2. The molecular formula is C39H48Cl4N12O2. The lowest BCUT2D eigenvalue weighted by atomic mass is 9.91. The largest absolute Gasteiger partial charge is 0.444 e. The van der Waals surface area contributed by atoms with E-state index >= 15 is 0 Å². The number of nitrogens with zero attached hydrogens (tertiary/aromatic N) is 8. The Kier molecular flexibility index (Phi) is 14.8. The predicted octanol–water partition coefficient (Wildman–Crippen LogP) is 8.66. The number of carbonyl (C=O) groups excluding carboxylic acids is 1. The topological polar surface area (TPSA) is 175 Å². The van der Waals surface area contributed by atoms with Crippen LogP contribution in [0.2, 0.25) is 10.0 Å². The van der Waals surface area contributed by atoms with Crippen LogP contribution in [0.1, 0.15) is 72.1 Å². The van der Waals surface area contributed by atoms with E-state index in [1.54, 1.807) is 33.8 Å². The molecule has 0 saturated heterocycles. The summed E-state index contributed by atoms with van der Waals surface area (Å²) < 4.78 is 8.97. The summed E-state index contributed by atoms with van der Waals surface area (Å²) in [6.07, 6.45) is 18.1. The van der Waals surface area contributed by atoms with Gasteiger partial charge in [-0.1, -0.05) is 35.3 Å². The van der Waals surface area contributed by atoms with Crippen LogP contribution in [-0.2, 0) is 4.74 Å². The number of rotatable bonds is 7. The molecule has 6 heterocycles. The number of nitrogens with one attached hydrogen (secondary N) is 3. The lowest BCUT2D eigenvalue weighted by molar-refractivity contribution is 0.0492. The van der Waals surface area contributed by atoms with Gasteiger partial charge in [0.1, 0.15) is 5.60 Å². The first kappa shape index (κ1) is 43.6. The van der Waals surface area contributed by atoms with Crippen molar-refractivity contribution in [2.45, 2.75) is 102 Å². The highest BCUT2D eigenvalue weighted by molar-refractivity contribution is 6.33. The summed E-state index contributed by atoms with van der Waals surface area (Å²) in [6.45, 7) is 5.58. The fraction of sp³-hybridized carbons (Fsp3) is 0.410. The van der Waals surface area contributed by atoms with Crippen molar-refractivity contribution >= 4 is 77.0 Å². The van der Waals surface area contributed by atoms with E-state index in [9.17, 15) is 4.79 Å². The second kappa shape index (κ2) is 19.3. The molecule has 2 fully saturated rings. The Labute approximate surface area is 353 Å². The quantitative estimate of drug-likeness (QED) is 0.121. The Morgan fingerprint density at radius 1 is 0.737 bits per heavy atom. The smallest absolute Gasteiger partial charge is 0.407 e. The maximum absolute atomic E-state index is 12.1. The molecule has 0 spiro atoms. The highest BCUT2D eigenvalue weighted by atomic mass is 35.5. The van der Waals surface area contributed by atoms with E-state index < -0.39 is 5.60 Å². The van der Waals surface area contributed by atoms with Crippen LogP contribution in [0, 0.1) is 0 Å². The summed E-state index contributed by atoms with van der Waals surface area (Å²) in [7, 11) is 0. The van der Waals surface area contributed by atoms with E-state index in [2.05, 4.69) is 46.1 Å². The molecular weight excluding hydrogens is 810 g/mol. The SMILES string of the molecule is CC(C)(C)OC(=O)N[C@H]1CCC[C@@H](Nc2ncc(Cl)c(-c3cnn4ccccc34)n2)C1.Cl.Cl.N[C@H]1CCC[C@@H](Nc2ncc(Cl)c(-c3cnn4ccccc34)n2)C1. The molecule has 0 unspecified atom stereocenters. The van der Waals surface area contributed by atoms with Crippen molar-refractivity contribution < 1.29 is 9.53 Å². The van der Waals surface area contributed by atoms with Gasteiger partial charge in [-0.3, -0.25) is 0 Å². The van der Waals surface area contributed by atoms with Gasteiger partial charge in [-0.25, -0.2) is 33.8 Å². The van der Waals surface area contributed by atoms with Crippen molar-refractivity contribution in [3.8, 4) is 22.5 Å². The predicted molar refractivity (Wildman–Crippen MR) is 230 cm³/mol. The molecule has 5 N–H and O–H groups in total. The molecule has 14 nitrogen and oxygen atoms in total. The minimum atomic E-state index is -0.512. The second-order valence-electron chi connectivity index (χ2n) is 15.1. The van der Waals surface area contributed by atoms with Crippen molar-refractivity contribution in [3.05, 3.63) is 83.6 Å². The van der Waals surface area contributed by atoms with Crippen LogP contribution in [0.25, 0.3) is 33.5 Å². The summed E-state index contributed by atoms with van der Waals surface area (Å²) in [5.74, 6) is 1.10. The molecule has 4 atom stereocenters. The van der Waals surface area contributed by atoms with Crippen LogP contribution in [0.5, 0.6) is 0 Å². The molecule has 304 valence electrons. The number of nitrogens with two attached hydrogens (primary N) is 1. The van der Waals surface area contributed by atoms with E-state index in [0.717, 1.165) is 73.5 Å². The van der Waals surface area contributed by atoms with Gasteiger partial charge in [-0.15, -0.1) is 24.8 Å². The van der Waals surface area contributed by atoms with Crippen molar-refractivity contribution in [1.82, 2.24) is 44.5 Å². The fourth-order valence-corrected chi connectivity index (χ4v) is 7.52. The molecule has 2 aliphatic rings. The number of alkyl carbamates (subject to hydrolysis) is 1. The minimum absolute atomic E-state index is 0. The third-order valence-electron chi connectivity index (χ3n) is 9.63. The van der Waals surface area contributed by atoms with E-state index in [0.29, 0.717) is 39.4 Å². The molecule has 2 aliphatic carbocycles. The standard InChI is InChI=1S/C22H27ClN6O2.C17H19ClN6.2ClH/c1-22(2,3)31-21(30)27-15-8-6-7-14(11-15)26-20-24-13-17(23)19(28-20)16-12-25-29-10-5-4-9-18(16)29;18-14-10-20-17(22-12-5-3-4-11(19)8-12)23-16(14)13-9-21-24-7-2-1-6-15(13)24;;/h4-5,9-10,12-15H,6-8,11H2,1-3H3,(H,27,30)(H,24,26,28);1-2,6-7,9-12H,3-5,8,19H2,(H,20,22,23);2*1H/t14-,15+;11-,12+;;/m10../s1. The normalized spacial score (nSPS) is 19.3. The van der Waals surface area contributed by atoms with Gasteiger partial charge >= 0.3 is 6.09 Å². The van der Waals surface area contributed by atoms with E-state index in [4.69, 9.17) is 33.7 Å². The van der Waals surface area contributed by atoms with Gasteiger partial charge in [0.25, 0.3) is 0 Å². The second-order valence-corrected chi connectivity index (χ2v) is 15.9. The van der Waals surface area contributed by atoms with E-state index in [1.165, 1.54) is 0 Å². The molecule has 57 heavy (non-hydrogen) atoms. The number of pyridine rings is 2. The zero-order valence-electron chi connectivity index (χ0n) is 31.9. The summed E-state index contributed by atoms with van der Waals surface area (Å²) in [5.41, 5.74) is 10.5. The average Bonchev–Trinajstić information content (AvgIpc) is 3.78. The number of carbonyl (C=O) groups is 1. The molecule has 1 amide bonds. The van der Waals surface area contributed by atoms with Crippen LogP contribution in [0.3, 0.4) is 0 Å². The Morgan fingerprint density at radius 3 is 1.74 bits per heavy atom. The first-order valence-electron chi connectivity index (χ1n) is 18.7. The highest BCUT2D eigenvalue weighted by Gasteiger charge is 2.27. The molecule has 0 radical (unpaired) electrons. The van der Waals surface area contributed by atoms with Crippen LogP contribution >= 0.6 is 48.0 Å². The van der Waals surface area contributed by atoms with Crippen molar-refractivity contribution in [3.63, 3.8) is 0 Å². The molecule has 2 saturated carbocycles. The number of ether oxygens (including phenoxy) is 1. The van der Waals surface area contributed by atoms with Gasteiger partial charge in [-0.2, -0.15) is 10.2 Å². The lowest BCUT2D eigenvalue weighted by Gasteiger charge is -2.31. The Bertz CT molecular complexity index is 2260. The van der Waals surface area contributed by atoms with Crippen LogP contribution in [0.4, 0.5) is 16.7 Å². The minimum Gasteiger partial charge on any atom is -0.444 e. The van der Waals surface area contributed by atoms with Gasteiger partial charge in [0.2, 0.25) is 11.9 Å². The Morgan fingerprint density at radius 2 is 1.23 bits per heavy atom. The Hall–Kier alpha value is -4.47. The zero-order chi connectivity index (χ0) is 38.5. The zero-order valence-corrected chi connectivity index (χ0v) is 35.1. The molecule has 0 aromatic carbocycles. The van der Waals surface area contributed by atoms with Crippen LogP contribution in [0.15, 0.2) is 73.6 Å². The summed E-state index contributed by atoms with van der Waals surface area (Å²) in [4.78, 5) is 30.1. The maximum atomic E-state index is 12.1. The fourth-order valence-electron chi connectivity index (χ4n) is 7.14. The van der Waals surface area contributed by atoms with Crippen LogP contribution < -0.4 is 21.7 Å². The number of fused-ring (bicyclic) bond motifs is 2. The van der Waals surface area contributed by atoms with Gasteiger partial charge in [0, 0.05) is 47.7 Å². The highest BCUT2D eigenvalue weighted by Crippen LogP contribution is 2.32.